The third-order valence-electron chi connectivity index (χ3n) is 3.77. The number of anilines is 1. The zero-order valence-corrected chi connectivity index (χ0v) is 14.0. The normalized spacial score (nSPS) is 22.9. The maximum atomic E-state index is 7.96. The summed E-state index contributed by atoms with van der Waals surface area (Å²) in [5.41, 5.74) is 7.90. The van der Waals surface area contributed by atoms with Crippen LogP contribution >= 0.6 is 23.5 Å². The number of nitrogens with one attached hydrogen (secondary N) is 1. The first-order valence-electron chi connectivity index (χ1n) is 7.04. The van der Waals surface area contributed by atoms with Gasteiger partial charge in [-0.15, -0.1) is 11.8 Å². The average Bonchev–Trinajstić information content (AvgIpc) is 2.42. The van der Waals surface area contributed by atoms with E-state index in [2.05, 4.69) is 43.9 Å². The van der Waals surface area contributed by atoms with Gasteiger partial charge in [-0.3, -0.25) is 5.41 Å². The summed E-state index contributed by atoms with van der Waals surface area (Å²) in [4.78, 5) is 3.54. The fourth-order valence-electron chi connectivity index (χ4n) is 2.58. The van der Waals surface area contributed by atoms with Crippen molar-refractivity contribution in [3.05, 3.63) is 23.8 Å². The van der Waals surface area contributed by atoms with Crippen LogP contribution in [0, 0.1) is 5.41 Å². The maximum Gasteiger partial charge on any atom is 0.126 e. The number of thioether (sulfide) groups is 2. The van der Waals surface area contributed by atoms with Crippen molar-refractivity contribution in [2.45, 2.75) is 37.0 Å². The van der Waals surface area contributed by atoms with E-state index in [1.807, 2.05) is 11.8 Å². The Labute approximate surface area is 130 Å². The van der Waals surface area contributed by atoms with E-state index in [9.17, 15) is 0 Å². The Balaban J connectivity index is 2.44. The molecule has 3 N–H and O–H groups in total. The summed E-state index contributed by atoms with van der Waals surface area (Å²) >= 11 is 3.78. The number of benzene rings is 1. The minimum Gasteiger partial charge on any atom is -0.384 e. The van der Waals surface area contributed by atoms with Crippen molar-refractivity contribution in [3.63, 3.8) is 0 Å². The fraction of sp³-hybridized carbons (Fsp3) is 0.533. The highest BCUT2D eigenvalue weighted by Crippen LogP contribution is 2.35. The van der Waals surface area contributed by atoms with E-state index < -0.39 is 0 Å². The van der Waals surface area contributed by atoms with Crippen molar-refractivity contribution < 1.29 is 0 Å². The number of amidine groups is 1. The molecule has 2 atom stereocenters. The Bertz CT molecular complexity index is 490. The largest absolute Gasteiger partial charge is 0.384 e. The number of nitrogens with zero attached hydrogens (tertiary/aromatic N) is 1. The molecule has 0 radical (unpaired) electrons. The Morgan fingerprint density at radius 1 is 1.50 bits per heavy atom. The summed E-state index contributed by atoms with van der Waals surface area (Å²) in [6.07, 6.45) is 0. The van der Waals surface area contributed by atoms with E-state index in [1.165, 1.54) is 0 Å². The number of hydrogen-bond acceptors (Lipinski definition) is 4. The highest BCUT2D eigenvalue weighted by Gasteiger charge is 2.28. The van der Waals surface area contributed by atoms with Crippen molar-refractivity contribution >= 4 is 35.0 Å². The molecule has 1 aliphatic rings. The van der Waals surface area contributed by atoms with Gasteiger partial charge in [0.15, 0.2) is 0 Å². The van der Waals surface area contributed by atoms with Gasteiger partial charge >= 0.3 is 0 Å². The lowest BCUT2D eigenvalue weighted by Crippen LogP contribution is -2.45. The van der Waals surface area contributed by atoms with Crippen LogP contribution < -0.4 is 10.6 Å². The lowest BCUT2D eigenvalue weighted by Gasteiger charge is -2.40. The van der Waals surface area contributed by atoms with Gasteiger partial charge in [-0.05, 0) is 24.8 Å². The van der Waals surface area contributed by atoms with Gasteiger partial charge in [-0.25, -0.2) is 0 Å². The molecule has 110 valence electrons. The summed E-state index contributed by atoms with van der Waals surface area (Å²) in [6.45, 7) is 7.69. The molecule has 0 spiro atoms. The summed E-state index contributed by atoms with van der Waals surface area (Å²) in [7, 11) is 0. The van der Waals surface area contributed by atoms with Gasteiger partial charge in [0.25, 0.3) is 0 Å². The number of nitrogens with two attached hydrogens (primary N) is 1. The summed E-state index contributed by atoms with van der Waals surface area (Å²) < 4.78 is 0. The predicted molar refractivity (Wildman–Crippen MR) is 92.6 cm³/mol. The molecule has 1 aliphatic heterocycles. The predicted octanol–water partition coefficient (Wildman–Crippen LogP) is 3.41. The Morgan fingerprint density at radius 3 is 2.90 bits per heavy atom. The number of nitrogen functional groups attached to an aromatic ring is 1. The standard InChI is InChI=1S/C15H23N3S2/c1-4-19-13-7-5-6-12(14(13)15(16)17)18-8-9-20-11(3)10(18)2/h5-7,10-11H,4,8-9H2,1-3H3,(H3,16,17). The second-order valence-corrected chi connectivity index (χ2v) is 7.80. The first-order chi connectivity index (χ1) is 9.56. The van der Waals surface area contributed by atoms with Crippen LogP contribution in [0.1, 0.15) is 26.3 Å². The quantitative estimate of drug-likeness (QED) is 0.508. The van der Waals surface area contributed by atoms with Crippen LogP contribution in [0.5, 0.6) is 0 Å². The van der Waals surface area contributed by atoms with Gasteiger partial charge < -0.3 is 10.6 Å². The van der Waals surface area contributed by atoms with Crippen LogP contribution in [-0.4, -0.2) is 35.2 Å². The molecule has 2 unspecified atom stereocenters. The monoisotopic (exact) mass is 309 g/mol. The highest BCUT2D eigenvalue weighted by atomic mass is 32.2. The van der Waals surface area contributed by atoms with Crippen molar-refractivity contribution in [2.24, 2.45) is 5.73 Å². The smallest absolute Gasteiger partial charge is 0.126 e. The van der Waals surface area contributed by atoms with E-state index in [0.29, 0.717) is 11.3 Å². The van der Waals surface area contributed by atoms with Crippen LogP contribution in [0.4, 0.5) is 5.69 Å². The van der Waals surface area contributed by atoms with Gasteiger partial charge in [-0.1, -0.05) is 19.9 Å². The third-order valence-corrected chi connectivity index (χ3v) is 6.04. The van der Waals surface area contributed by atoms with Crippen molar-refractivity contribution in [2.75, 3.05) is 23.0 Å². The molecule has 0 aromatic heterocycles. The molecule has 0 bridgehead atoms. The van der Waals surface area contributed by atoms with Crippen molar-refractivity contribution in [1.29, 1.82) is 5.41 Å². The van der Waals surface area contributed by atoms with Gasteiger partial charge in [0, 0.05) is 34.2 Å². The van der Waals surface area contributed by atoms with Gasteiger partial charge in [0.2, 0.25) is 0 Å². The molecule has 2 rings (SSSR count). The second-order valence-electron chi connectivity index (χ2n) is 5.01. The zero-order valence-electron chi connectivity index (χ0n) is 12.3. The van der Waals surface area contributed by atoms with E-state index in [0.717, 1.165) is 34.2 Å². The molecular weight excluding hydrogens is 286 g/mol. The molecule has 20 heavy (non-hydrogen) atoms. The Hall–Kier alpha value is -0.810. The van der Waals surface area contributed by atoms with E-state index in [1.54, 1.807) is 11.8 Å². The summed E-state index contributed by atoms with van der Waals surface area (Å²) in [6, 6.07) is 6.73. The third kappa shape index (κ3) is 3.09. The minimum atomic E-state index is 0.176. The van der Waals surface area contributed by atoms with Crippen LogP contribution in [-0.2, 0) is 0 Å². The van der Waals surface area contributed by atoms with Crippen LogP contribution in [0.3, 0.4) is 0 Å². The van der Waals surface area contributed by atoms with Crippen molar-refractivity contribution in [1.82, 2.24) is 0 Å². The topological polar surface area (TPSA) is 53.1 Å². The molecule has 1 fully saturated rings. The second kappa shape index (κ2) is 6.76. The fourth-order valence-corrected chi connectivity index (χ4v) is 4.52. The first-order valence-corrected chi connectivity index (χ1v) is 9.08. The van der Waals surface area contributed by atoms with E-state index in [-0.39, 0.29) is 5.84 Å². The molecule has 1 aromatic carbocycles. The molecule has 0 saturated carbocycles. The number of hydrogen-bond donors (Lipinski definition) is 2. The molecule has 0 amide bonds. The van der Waals surface area contributed by atoms with Crippen molar-refractivity contribution in [3.8, 4) is 0 Å². The zero-order chi connectivity index (χ0) is 14.7. The average molecular weight is 310 g/mol. The van der Waals surface area contributed by atoms with Crippen LogP contribution in [0.15, 0.2) is 23.1 Å². The van der Waals surface area contributed by atoms with E-state index in [4.69, 9.17) is 11.1 Å². The first kappa shape index (κ1) is 15.6. The molecule has 5 heteroatoms. The Morgan fingerprint density at radius 2 is 2.25 bits per heavy atom. The molecule has 3 nitrogen and oxygen atoms in total. The SMILES string of the molecule is CCSc1cccc(N2CCSC(C)C2C)c1C(=N)N. The molecule has 1 aromatic rings. The molecule has 1 saturated heterocycles. The van der Waals surface area contributed by atoms with E-state index >= 15 is 0 Å². The number of rotatable bonds is 4. The minimum absolute atomic E-state index is 0.176. The molecular formula is C15H23N3S2. The maximum absolute atomic E-state index is 7.96. The van der Waals surface area contributed by atoms with Crippen LogP contribution in [0.2, 0.25) is 0 Å². The van der Waals surface area contributed by atoms with Gasteiger partial charge in [0.05, 0.1) is 5.56 Å². The molecule has 1 heterocycles. The van der Waals surface area contributed by atoms with Gasteiger partial charge in [0.1, 0.15) is 5.84 Å². The Kier molecular flexibility index (Phi) is 5.27. The highest BCUT2D eigenvalue weighted by molar-refractivity contribution is 8.00. The lowest BCUT2D eigenvalue weighted by molar-refractivity contribution is 0.626. The van der Waals surface area contributed by atoms with Crippen LogP contribution in [0.25, 0.3) is 0 Å². The summed E-state index contributed by atoms with van der Waals surface area (Å²) in [5, 5.41) is 8.57. The molecule has 0 aliphatic carbocycles. The summed E-state index contributed by atoms with van der Waals surface area (Å²) in [5.74, 6) is 2.30. The van der Waals surface area contributed by atoms with Gasteiger partial charge in [-0.2, -0.15) is 11.8 Å². The lowest BCUT2D eigenvalue weighted by atomic mass is 10.1.